The average Bonchev–Trinajstić information content (AvgIpc) is 2.29. The number of carbonyl (C=O) groups is 3. The van der Waals surface area contributed by atoms with Gasteiger partial charge in [0, 0.05) is 7.11 Å². The van der Waals surface area contributed by atoms with Crippen LogP contribution in [-0.2, 0) is 23.9 Å². The summed E-state index contributed by atoms with van der Waals surface area (Å²) in [5, 5.41) is 12.6. The minimum absolute atomic E-state index is 0.171. The molecule has 2 amide bonds. The number of carboxylic acid groups (broad SMARTS) is 1. The summed E-state index contributed by atoms with van der Waals surface area (Å²) in [6, 6.07) is 0. The first-order chi connectivity index (χ1) is 8.06. The number of nitrogens with one attached hydrogen (secondary N) is 2. The highest BCUT2D eigenvalue weighted by Gasteiger charge is 2.06. The summed E-state index contributed by atoms with van der Waals surface area (Å²) in [5.41, 5.74) is 0. The van der Waals surface area contributed by atoms with Crippen molar-refractivity contribution in [2.24, 2.45) is 0 Å². The van der Waals surface area contributed by atoms with Gasteiger partial charge < -0.3 is 25.2 Å². The molecule has 0 unspecified atom stereocenters. The SMILES string of the molecule is COCCOCC(=O)NCC(=O)NCC(=O)O. The second-order valence-corrected chi connectivity index (χ2v) is 2.99. The van der Waals surface area contributed by atoms with Gasteiger partial charge in [0.25, 0.3) is 0 Å². The summed E-state index contributed by atoms with van der Waals surface area (Å²) in [7, 11) is 1.51. The molecule has 3 N–H and O–H groups in total. The molecule has 98 valence electrons. The molecule has 0 spiro atoms. The molecule has 0 saturated carbocycles. The van der Waals surface area contributed by atoms with Gasteiger partial charge in [-0.3, -0.25) is 14.4 Å². The first kappa shape index (κ1) is 15.3. The Morgan fingerprint density at radius 3 is 2.29 bits per heavy atom. The quantitative estimate of drug-likeness (QED) is 0.405. The van der Waals surface area contributed by atoms with E-state index in [1.54, 1.807) is 0 Å². The fourth-order valence-electron chi connectivity index (χ4n) is 0.774. The van der Waals surface area contributed by atoms with Gasteiger partial charge in [-0.2, -0.15) is 0 Å². The number of carbonyl (C=O) groups excluding carboxylic acids is 2. The maximum absolute atomic E-state index is 11.1. The van der Waals surface area contributed by atoms with Crippen LogP contribution in [0, 0.1) is 0 Å². The largest absolute Gasteiger partial charge is 0.480 e. The Morgan fingerprint density at radius 1 is 1.06 bits per heavy atom. The third kappa shape index (κ3) is 10.6. The van der Waals surface area contributed by atoms with E-state index < -0.39 is 24.3 Å². The molecule has 0 aromatic heterocycles. The number of amides is 2. The fraction of sp³-hybridized carbons (Fsp3) is 0.667. The number of rotatable bonds is 9. The molecule has 17 heavy (non-hydrogen) atoms. The van der Waals surface area contributed by atoms with E-state index in [4.69, 9.17) is 14.6 Å². The molecule has 0 fully saturated rings. The van der Waals surface area contributed by atoms with Gasteiger partial charge in [0.2, 0.25) is 11.8 Å². The molecule has 0 bridgehead atoms. The number of aliphatic carboxylic acids is 1. The van der Waals surface area contributed by atoms with Crippen molar-refractivity contribution < 1.29 is 29.0 Å². The molecule has 0 rings (SSSR count). The zero-order chi connectivity index (χ0) is 13.1. The van der Waals surface area contributed by atoms with E-state index in [2.05, 4.69) is 10.6 Å². The van der Waals surface area contributed by atoms with E-state index >= 15 is 0 Å². The van der Waals surface area contributed by atoms with Crippen molar-refractivity contribution in [1.82, 2.24) is 10.6 Å². The normalized spacial score (nSPS) is 9.71. The molecule has 0 aliphatic carbocycles. The van der Waals surface area contributed by atoms with Crippen LogP contribution in [0.2, 0.25) is 0 Å². The Hall–Kier alpha value is -1.67. The summed E-state index contributed by atoms with van der Waals surface area (Å²) >= 11 is 0. The number of carboxylic acids is 1. The van der Waals surface area contributed by atoms with Crippen molar-refractivity contribution in [3.8, 4) is 0 Å². The molecule has 0 heterocycles. The molecule has 0 aliphatic heterocycles. The van der Waals surface area contributed by atoms with Crippen LogP contribution in [0.3, 0.4) is 0 Å². The number of ether oxygens (including phenoxy) is 2. The standard InChI is InChI=1S/C9H16N2O6/c1-16-2-3-17-6-8(13)10-4-7(12)11-5-9(14)15/h2-6H2,1H3,(H,10,13)(H,11,12)(H,14,15). The Labute approximate surface area is 98.3 Å². The van der Waals surface area contributed by atoms with Crippen LogP contribution in [0.4, 0.5) is 0 Å². The Bertz CT molecular complexity index is 268. The minimum Gasteiger partial charge on any atom is -0.480 e. The van der Waals surface area contributed by atoms with E-state index in [1.807, 2.05) is 0 Å². The van der Waals surface area contributed by atoms with Crippen LogP contribution in [0.5, 0.6) is 0 Å². The third-order valence-corrected chi connectivity index (χ3v) is 1.55. The van der Waals surface area contributed by atoms with Crippen molar-refractivity contribution in [3.05, 3.63) is 0 Å². The molecule has 0 aliphatic rings. The molecule has 8 nitrogen and oxygen atoms in total. The van der Waals surface area contributed by atoms with E-state index in [0.29, 0.717) is 6.61 Å². The fourth-order valence-corrected chi connectivity index (χ4v) is 0.774. The lowest BCUT2D eigenvalue weighted by atomic mass is 10.5. The van der Waals surface area contributed by atoms with Crippen LogP contribution in [-0.4, -0.2) is 62.9 Å². The molecular formula is C9H16N2O6. The van der Waals surface area contributed by atoms with Gasteiger partial charge in [0.15, 0.2) is 0 Å². The van der Waals surface area contributed by atoms with Crippen molar-refractivity contribution in [1.29, 1.82) is 0 Å². The Kier molecular flexibility index (Phi) is 8.61. The van der Waals surface area contributed by atoms with Gasteiger partial charge >= 0.3 is 5.97 Å². The molecule has 0 aromatic rings. The maximum Gasteiger partial charge on any atom is 0.322 e. The van der Waals surface area contributed by atoms with Gasteiger partial charge in [-0.1, -0.05) is 0 Å². The predicted molar refractivity (Wildman–Crippen MR) is 56.4 cm³/mol. The van der Waals surface area contributed by atoms with Crippen LogP contribution in [0.15, 0.2) is 0 Å². The lowest BCUT2D eigenvalue weighted by Gasteiger charge is -2.06. The van der Waals surface area contributed by atoms with Gasteiger partial charge in [0.1, 0.15) is 13.2 Å². The summed E-state index contributed by atoms with van der Waals surface area (Å²) in [6.45, 7) is -0.254. The van der Waals surface area contributed by atoms with E-state index in [9.17, 15) is 14.4 Å². The first-order valence-corrected chi connectivity index (χ1v) is 4.88. The van der Waals surface area contributed by atoms with Gasteiger partial charge in [-0.05, 0) is 0 Å². The van der Waals surface area contributed by atoms with Crippen LogP contribution in [0.1, 0.15) is 0 Å². The van der Waals surface area contributed by atoms with Gasteiger partial charge in [-0.25, -0.2) is 0 Å². The summed E-state index contributed by atoms with van der Waals surface area (Å²) < 4.78 is 9.60. The highest BCUT2D eigenvalue weighted by Crippen LogP contribution is 1.76. The number of methoxy groups -OCH3 is 1. The zero-order valence-corrected chi connectivity index (χ0v) is 9.52. The highest BCUT2D eigenvalue weighted by molar-refractivity contribution is 5.86. The van der Waals surface area contributed by atoms with Crippen LogP contribution in [0.25, 0.3) is 0 Å². The molecular weight excluding hydrogens is 232 g/mol. The molecule has 8 heteroatoms. The summed E-state index contributed by atoms with van der Waals surface area (Å²) in [5.74, 6) is -2.17. The number of hydrogen-bond donors (Lipinski definition) is 3. The molecule has 0 aromatic carbocycles. The van der Waals surface area contributed by atoms with Crippen molar-refractivity contribution >= 4 is 17.8 Å². The third-order valence-electron chi connectivity index (χ3n) is 1.55. The highest BCUT2D eigenvalue weighted by atomic mass is 16.5. The second-order valence-electron chi connectivity index (χ2n) is 2.99. The van der Waals surface area contributed by atoms with Crippen LogP contribution >= 0.6 is 0 Å². The summed E-state index contributed by atoms with van der Waals surface area (Å²) in [6.07, 6.45) is 0. The maximum atomic E-state index is 11.1. The lowest BCUT2D eigenvalue weighted by Crippen LogP contribution is -2.40. The smallest absolute Gasteiger partial charge is 0.322 e. The first-order valence-electron chi connectivity index (χ1n) is 4.88. The predicted octanol–water partition coefficient (Wildman–Crippen LogP) is -2.03. The van der Waals surface area contributed by atoms with Crippen molar-refractivity contribution in [2.45, 2.75) is 0 Å². The molecule has 0 saturated heterocycles. The molecule has 0 atom stereocenters. The Morgan fingerprint density at radius 2 is 1.71 bits per heavy atom. The van der Waals surface area contributed by atoms with Crippen molar-refractivity contribution in [3.63, 3.8) is 0 Å². The van der Waals surface area contributed by atoms with E-state index in [1.165, 1.54) is 7.11 Å². The topological polar surface area (TPSA) is 114 Å². The molecule has 0 radical (unpaired) electrons. The lowest BCUT2D eigenvalue weighted by molar-refractivity contribution is -0.137. The van der Waals surface area contributed by atoms with E-state index in [0.717, 1.165) is 0 Å². The number of hydrogen-bond acceptors (Lipinski definition) is 5. The second kappa shape index (κ2) is 9.55. The van der Waals surface area contributed by atoms with E-state index in [-0.39, 0.29) is 19.8 Å². The minimum atomic E-state index is -1.15. The Balaban J connectivity index is 3.49. The van der Waals surface area contributed by atoms with Crippen molar-refractivity contribution in [2.75, 3.05) is 40.0 Å². The van der Waals surface area contributed by atoms with Gasteiger partial charge in [0.05, 0.1) is 19.8 Å². The van der Waals surface area contributed by atoms with Gasteiger partial charge in [-0.15, -0.1) is 0 Å². The summed E-state index contributed by atoms with van der Waals surface area (Å²) in [4.78, 5) is 32.2. The zero-order valence-electron chi connectivity index (χ0n) is 9.52. The average molecular weight is 248 g/mol. The van der Waals surface area contributed by atoms with Crippen LogP contribution < -0.4 is 10.6 Å². The monoisotopic (exact) mass is 248 g/mol.